The lowest BCUT2D eigenvalue weighted by atomic mass is 10.2. The number of carbonyl (C=O) groups excluding carboxylic acids is 1. The van der Waals surface area contributed by atoms with Gasteiger partial charge in [-0.15, -0.1) is 0 Å². The number of nitrogens with two attached hydrogens (primary N) is 1. The van der Waals surface area contributed by atoms with Crippen LogP contribution in [0.4, 0.5) is 0 Å². The molecule has 0 aromatic rings. The zero-order valence-corrected chi connectivity index (χ0v) is 7.95. The smallest absolute Gasteiger partial charge is 0.241 e. The second-order valence-corrected chi connectivity index (χ2v) is 3.40. The molecular formula is C8H18N2O2. The Morgan fingerprint density at radius 2 is 2.08 bits per heavy atom. The number of carbonyl (C=O) groups is 1. The normalized spacial score (nSPS) is 13.2. The Morgan fingerprint density at radius 1 is 1.58 bits per heavy atom. The SMILES string of the molecule is CC(C)CN(C)C(=O)C(N)CO. The molecule has 0 aromatic carbocycles. The molecule has 0 aromatic heterocycles. The van der Waals surface area contributed by atoms with Crippen LogP contribution in [0.5, 0.6) is 0 Å². The lowest BCUT2D eigenvalue weighted by Crippen LogP contribution is -2.45. The van der Waals surface area contributed by atoms with Crippen molar-refractivity contribution in [3.63, 3.8) is 0 Å². The Kier molecular flexibility index (Phi) is 4.85. The largest absolute Gasteiger partial charge is 0.394 e. The number of hydrogen-bond donors (Lipinski definition) is 2. The van der Waals surface area contributed by atoms with Gasteiger partial charge < -0.3 is 15.7 Å². The third kappa shape index (κ3) is 3.69. The van der Waals surface area contributed by atoms with Crippen LogP contribution in [0.25, 0.3) is 0 Å². The van der Waals surface area contributed by atoms with Crippen LogP contribution < -0.4 is 5.73 Å². The predicted octanol–water partition coefficient (Wildman–Crippen LogP) is -0.580. The van der Waals surface area contributed by atoms with E-state index < -0.39 is 6.04 Å². The molecule has 0 fully saturated rings. The van der Waals surface area contributed by atoms with Crippen LogP contribution in [0.3, 0.4) is 0 Å². The van der Waals surface area contributed by atoms with Gasteiger partial charge in [0.1, 0.15) is 6.04 Å². The molecule has 0 saturated carbocycles. The first kappa shape index (κ1) is 11.4. The van der Waals surface area contributed by atoms with E-state index in [1.54, 1.807) is 11.9 Å². The Morgan fingerprint density at radius 3 is 2.42 bits per heavy atom. The van der Waals surface area contributed by atoms with Crippen molar-refractivity contribution in [3.05, 3.63) is 0 Å². The van der Waals surface area contributed by atoms with Crippen molar-refractivity contribution < 1.29 is 9.90 Å². The monoisotopic (exact) mass is 174 g/mol. The Bertz CT molecular complexity index is 148. The van der Waals surface area contributed by atoms with Gasteiger partial charge in [0.05, 0.1) is 6.61 Å². The molecule has 0 heterocycles. The van der Waals surface area contributed by atoms with Gasteiger partial charge in [0.15, 0.2) is 0 Å². The Hall–Kier alpha value is -0.610. The second-order valence-electron chi connectivity index (χ2n) is 3.40. The maximum absolute atomic E-state index is 11.3. The molecule has 72 valence electrons. The van der Waals surface area contributed by atoms with Gasteiger partial charge in [0, 0.05) is 13.6 Å². The molecule has 1 atom stereocenters. The van der Waals surface area contributed by atoms with E-state index >= 15 is 0 Å². The zero-order valence-electron chi connectivity index (χ0n) is 7.95. The second kappa shape index (κ2) is 5.11. The topological polar surface area (TPSA) is 66.6 Å². The van der Waals surface area contributed by atoms with Crippen LogP contribution in [-0.2, 0) is 4.79 Å². The van der Waals surface area contributed by atoms with Crippen LogP contribution in [0.15, 0.2) is 0 Å². The highest BCUT2D eigenvalue weighted by atomic mass is 16.3. The number of nitrogens with zero attached hydrogens (tertiary/aromatic N) is 1. The fourth-order valence-electron chi connectivity index (χ4n) is 0.999. The summed E-state index contributed by atoms with van der Waals surface area (Å²) in [6.07, 6.45) is 0. The molecule has 4 heteroatoms. The molecule has 0 aliphatic rings. The first-order valence-electron chi connectivity index (χ1n) is 4.10. The van der Waals surface area contributed by atoms with Gasteiger partial charge in [-0.3, -0.25) is 4.79 Å². The summed E-state index contributed by atoms with van der Waals surface area (Å²) in [6, 6.07) is -0.770. The maximum atomic E-state index is 11.3. The molecule has 12 heavy (non-hydrogen) atoms. The minimum Gasteiger partial charge on any atom is -0.394 e. The number of hydrogen-bond acceptors (Lipinski definition) is 3. The van der Waals surface area contributed by atoms with E-state index in [1.165, 1.54) is 0 Å². The summed E-state index contributed by atoms with van der Waals surface area (Å²) in [5.41, 5.74) is 5.35. The van der Waals surface area contributed by atoms with Gasteiger partial charge in [-0.2, -0.15) is 0 Å². The fraction of sp³-hybridized carbons (Fsp3) is 0.875. The highest BCUT2D eigenvalue weighted by Crippen LogP contribution is 1.97. The molecule has 0 bridgehead atoms. The van der Waals surface area contributed by atoms with E-state index in [0.29, 0.717) is 12.5 Å². The molecular weight excluding hydrogens is 156 g/mol. The van der Waals surface area contributed by atoms with Crippen molar-refractivity contribution in [1.82, 2.24) is 4.90 Å². The van der Waals surface area contributed by atoms with Crippen LogP contribution in [0.2, 0.25) is 0 Å². The molecule has 1 amide bonds. The quantitative estimate of drug-likeness (QED) is 0.599. The van der Waals surface area contributed by atoms with Gasteiger partial charge in [-0.05, 0) is 5.92 Å². The average Bonchev–Trinajstić information content (AvgIpc) is 2.00. The summed E-state index contributed by atoms with van der Waals surface area (Å²) >= 11 is 0. The zero-order chi connectivity index (χ0) is 9.72. The van der Waals surface area contributed by atoms with Crippen molar-refractivity contribution in [3.8, 4) is 0 Å². The third-order valence-corrected chi connectivity index (χ3v) is 1.53. The van der Waals surface area contributed by atoms with E-state index in [9.17, 15) is 4.79 Å². The van der Waals surface area contributed by atoms with E-state index in [-0.39, 0.29) is 12.5 Å². The lowest BCUT2D eigenvalue weighted by Gasteiger charge is -2.21. The Balaban J connectivity index is 3.92. The summed E-state index contributed by atoms with van der Waals surface area (Å²) in [6.45, 7) is 4.43. The fourth-order valence-corrected chi connectivity index (χ4v) is 0.999. The molecule has 0 aliphatic carbocycles. The molecule has 3 N–H and O–H groups in total. The van der Waals surface area contributed by atoms with Crippen molar-refractivity contribution in [2.75, 3.05) is 20.2 Å². The van der Waals surface area contributed by atoms with Gasteiger partial charge in [-0.25, -0.2) is 0 Å². The highest BCUT2D eigenvalue weighted by molar-refractivity contribution is 5.81. The molecule has 0 aliphatic heterocycles. The predicted molar refractivity (Wildman–Crippen MR) is 47.5 cm³/mol. The van der Waals surface area contributed by atoms with Crippen molar-refractivity contribution in [2.24, 2.45) is 11.7 Å². The van der Waals surface area contributed by atoms with Crippen molar-refractivity contribution >= 4 is 5.91 Å². The minimum atomic E-state index is -0.770. The standard InChI is InChI=1S/C8H18N2O2/c1-6(2)4-10(3)8(12)7(9)5-11/h6-7,11H,4-5,9H2,1-3H3. The Labute approximate surface area is 73.3 Å². The van der Waals surface area contributed by atoms with Gasteiger partial charge in [0.25, 0.3) is 0 Å². The number of amides is 1. The van der Waals surface area contributed by atoms with Gasteiger partial charge in [0.2, 0.25) is 5.91 Å². The summed E-state index contributed by atoms with van der Waals surface area (Å²) in [5, 5.41) is 8.62. The average molecular weight is 174 g/mol. The summed E-state index contributed by atoms with van der Waals surface area (Å²) in [4.78, 5) is 12.8. The number of likely N-dealkylation sites (N-methyl/N-ethyl adjacent to an activating group) is 1. The number of rotatable bonds is 4. The van der Waals surface area contributed by atoms with Crippen LogP contribution >= 0.6 is 0 Å². The molecule has 0 rings (SSSR count). The summed E-state index contributed by atoms with van der Waals surface area (Å²) in [7, 11) is 1.69. The first-order valence-corrected chi connectivity index (χ1v) is 4.10. The summed E-state index contributed by atoms with van der Waals surface area (Å²) in [5.74, 6) is 0.219. The lowest BCUT2D eigenvalue weighted by molar-refractivity contribution is -0.132. The number of aliphatic hydroxyl groups excluding tert-OH is 1. The van der Waals surface area contributed by atoms with Crippen LogP contribution in [0, 0.1) is 5.92 Å². The maximum Gasteiger partial charge on any atom is 0.241 e. The molecule has 4 nitrogen and oxygen atoms in total. The molecule has 0 saturated heterocycles. The van der Waals surface area contributed by atoms with Gasteiger partial charge >= 0.3 is 0 Å². The highest BCUT2D eigenvalue weighted by Gasteiger charge is 2.16. The van der Waals surface area contributed by atoms with Crippen LogP contribution in [-0.4, -0.2) is 42.2 Å². The molecule has 1 unspecified atom stereocenters. The third-order valence-electron chi connectivity index (χ3n) is 1.53. The van der Waals surface area contributed by atoms with Crippen molar-refractivity contribution in [1.29, 1.82) is 0 Å². The minimum absolute atomic E-state index is 0.203. The molecule has 0 spiro atoms. The summed E-state index contributed by atoms with van der Waals surface area (Å²) < 4.78 is 0. The van der Waals surface area contributed by atoms with E-state index in [0.717, 1.165) is 0 Å². The first-order chi connectivity index (χ1) is 5.49. The number of aliphatic hydroxyl groups is 1. The van der Waals surface area contributed by atoms with Crippen molar-refractivity contribution in [2.45, 2.75) is 19.9 Å². The van der Waals surface area contributed by atoms with E-state index in [4.69, 9.17) is 10.8 Å². The molecule has 0 radical (unpaired) electrons. The van der Waals surface area contributed by atoms with E-state index in [1.807, 2.05) is 13.8 Å². The van der Waals surface area contributed by atoms with Gasteiger partial charge in [-0.1, -0.05) is 13.8 Å². The van der Waals surface area contributed by atoms with E-state index in [2.05, 4.69) is 0 Å². The van der Waals surface area contributed by atoms with Crippen LogP contribution in [0.1, 0.15) is 13.8 Å².